The van der Waals surface area contributed by atoms with Gasteiger partial charge in [-0.25, -0.2) is 8.42 Å². The Kier molecular flexibility index (Phi) is 4.57. The summed E-state index contributed by atoms with van der Waals surface area (Å²) in [4.78, 5) is 12.0. The smallest absolute Gasteiger partial charge is 0.224 e. The zero-order valence-electron chi connectivity index (χ0n) is 13.2. The van der Waals surface area contributed by atoms with Crippen LogP contribution in [0.5, 0.6) is 5.75 Å². The molecule has 0 saturated carbocycles. The predicted octanol–water partition coefficient (Wildman–Crippen LogP) is 1.40. The lowest BCUT2D eigenvalue weighted by molar-refractivity contribution is -0.124. The largest absolute Gasteiger partial charge is 0.497 e. The van der Waals surface area contributed by atoms with Crippen molar-refractivity contribution in [2.75, 3.05) is 18.6 Å². The maximum absolute atomic E-state index is 12.0. The molecule has 0 radical (unpaired) electrons. The average molecular weight is 350 g/mol. The normalized spacial score (nSPS) is 19.1. The first-order valence-electron chi connectivity index (χ1n) is 7.55. The van der Waals surface area contributed by atoms with Crippen LogP contribution < -0.4 is 10.1 Å². The van der Waals surface area contributed by atoms with Crippen LogP contribution in [0, 0.1) is 5.92 Å². The first-order valence-corrected chi connectivity index (χ1v) is 9.37. The van der Waals surface area contributed by atoms with E-state index in [1.165, 1.54) is 0 Å². The minimum atomic E-state index is -3.07. The zero-order valence-corrected chi connectivity index (χ0v) is 14.0. The molecule has 8 heteroatoms. The Labute approximate surface area is 139 Å². The van der Waals surface area contributed by atoms with Crippen molar-refractivity contribution in [1.82, 2.24) is 10.5 Å². The Hall–Kier alpha value is -2.35. The Morgan fingerprint density at radius 3 is 2.75 bits per heavy atom. The van der Waals surface area contributed by atoms with Gasteiger partial charge in [-0.3, -0.25) is 4.79 Å². The van der Waals surface area contributed by atoms with Crippen molar-refractivity contribution in [2.24, 2.45) is 5.92 Å². The number of ether oxygens (including phenoxy) is 1. The van der Waals surface area contributed by atoms with E-state index < -0.39 is 15.8 Å². The van der Waals surface area contributed by atoms with Gasteiger partial charge in [-0.05, 0) is 30.7 Å². The molecule has 1 aromatic heterocycles. The Morgan fingerprint density at radius 2 is 2.12 bits per heavy atom. The third-order valence-corrected chi connectivity index (χ3v) is 5.75. The van der Waals surface area contributed by atoms with Gasteiger partial charge in [0.15, 0.2) is 15.6 Å². The van der Waals surface area contributed by atoms with E-state index in [2.05, 4.69) is 10.5 Å². The number of hydrogen-bond donors (Lipinski definition) is 1. The summed E-state index contributed by atoms with van der Waals surface area (Å²) < 4.78 is 33.2. The summed E-state index contributed by atoms with van der Waals surface area (Å²) in [5.41, 5.74) is 1.43. The number of rotatable bonds is 5. The fourth-order valence-corrected chi connectivity index (χ4v) is 4.35. The molecule has 0 bridgehead atoms. The number of carbonyl (C=O) groups is 1. The quantitative estimate of drug-likeness (QED) is 0.875. The zero-order chi connectivity index (χ0) is 17.2. The molecule has 1 atom stereocenters. The summed E-state index contributed by atoms with van der Waals surface area (Å²) in [6.07, 6.45) is 0.379. The van der Waals surface area contributed by atoms with Gasteiger partial charge in [0, 0.05) is 11.6 Å². The van der Waals surface area contributed by atoms with Crippen LogP contribution in [0.25, 0.3) is 11.3 Å². The van der Waals surface area contributed by atoms with Gasteiger partial charge in [0.05, 0.1) is 31.1 Å². The number of methoxy groups -OCH3 is 1. The molecule has 1 fully saturated rings. The Morgan fingerprint density at radius 1 is 1.38 bits per heavy atom. The van der Waals surface area contributed by atoms with Crippen LogP contribution in [-0.4, -0.2) is 38.1 Å². The minimum absolute atomic E-state index is 0.0747. The van der Waals surface area contributed by atoms with Crippen LogP contribution >= 0.6 is 0 Å². The van der Waals surface area contributed by atoms with Crippen LogP contribution in [0.2, 0.25) is 0 Å². The van der Waals surface area contributed by atoms with Gasteiger partial charge in [-0.1, -0.05) is 5.16 Å². The number of hydrogen-bond acceptors (Lipinski definition) is 6. The van der Waals surface area contributed by atoms with Crippen molar-refractivity contribution in [1.29, 1.82) is 0 Å². The molecule has 1 unspecified atom stereocenters. The standard InChI is InChI=1S/C16H18N2O5S/c1-22-14-4-2-11(3-5-14)15-8-13(18-23-15)9-17-16(19)12-6-7-24(20,21)10-12/h2-5,8,12H,6-7,9-10H2,1H3,(H,17,19). The number of nitrogens with zero attached hydrogens (tertiary/aromatic N) is 1. The van der Waals surface area contributed by atoms with Crippen molar-refractivity contribution in [3.63, 3.8) is 0 Å². The summed E-state index contributed by atoms with van der Waals surface area (Å²) in [5, 5.41) is 6.64. The lowest BCUT2D eigenvalue weighted by atomic mass is 10.1. The average Bonchev–Trinajstić information content (AvgIpc) is 3.19. The van der Waals surface area contributed by atoms with Crippen molar-refractivity contribution in [3.8, 4) is 17.1 Å². The van der Waals surface area contributed by atoms with E-state index in [0.717, 1.165) is 11.3 Å². The van der Waals surface area contributed by atoms with E-state index in [4.69, 9.17) is 9.26 Å². The highest BCUT2D eigenvalue weighted by Gasteiger charge is 2.32. The van der Waals surface area contributed by atoms with E-state index >= 15 is 0 Å². The van der Waals surface area contributed by atoms with Crippen molar-refractivity contribution in [2.45, 2.75) is 13.0 Å². The van der Waals surface area contributed by atoms with Gasteiger partial charge in [-0.2, -0.15) is 0 Å². The van der Waals surface area contributed by atoms with Gasteiger partial charge in [0.25, 0.3) is 0 Å². The number of aromatic nitrogens is 1. The molecule has 0 aliphatic carbocycles. The second-order valence-electron chi connectivity index (χ2n) is 5.73. The third kappa shape index (κ3) is 3.76. The maximum atomic E-state index is 12.0. The molecule has 1 aromatic carbocycles. The summed E-state index contributed by atoms with van der Waals surface area (Å²) >= 11 is 0. The molecule has 2 heterocycles. The molecular weight excluding hydrogens is 332 g/mol. The highest BCUT2D eigenvalue weighted by atomic mass is 32.2. The van der Waals surface area contributed by atoms with Gasteiger partial charge in [0.1, 0.15) is 11.4 Å². The molecule has 1 aliphatic heterocycles. The number of nitrogens with one attached hydrogen (secondary N) is 1. The van der Waals surface area contributed by atoms with E-state index in [-0.39, 0.29) is 24.0 Å². The molecule has 1 amide bonds. The Balaban J connectivity index is 1.59. The number of benzene rings is 1. The lowest BCUT2D eigenvalue weighted by Crippen LogP contribution is -2.31. The summed E-state index contributed by atoms with van der Waals surface area (Å²) in [6, 6.07) is 9.09. The monoisotopic (exact) mass is 350 g/mol. The Bertz CT molecular complexity index is 826. The predicted molar refractivity (Wildman–Crippen MR) is 87.1 cm³/mol. The fraction of sp³-hybridized carbons (Fsp3) is 0.375. The van der Waals surface area contributed by atoms with Gasteiger partial charge >= 0.3 is 0 Å². The highest BCUT2D eigenvalue weighted by Crippen LogP contribution is 2.23. The SMILES string of the molecule is COc1ccc(-c2cc(CNC(=O)C3CCS(=O)(=O)C3)no2)cc1. The molecule has 1 saturated heterocycles. The molecule has 24 heavy (non-hydrogen) atoms. The summed E-state index contributed by atoms with van der Waals surface area (Å²) in [5.74, 6) is 0.612. The summed E-state index contributed by atoms with van der Waals surface area (Å²) in [6.45, 7) is 0.203. The molecule has 1 aliphatic rings. The first kappa shape index (κ1) is 16.5. The van der Waals surface area contributed by atoms with Crippen LogP contribution in [0.15, 0.2) is 34.9 Å². The highest BCUT2D eigenvalue weighted by molar-refractivity contribution is 7.91. The van der Waals surface area contributed by atoms with E-state index in [0.29, 0.717) is 17.9 Å². The molecule has 1 N–H and O–H groups in total. The number of sulfone groups is 1. The fourth-order valence-electron chi connectivity index (χ4n) is 2.61. The third-order valence-electron chi connectivity index (χ3n) is 3.98. The minimum Gasteiger partial charge on any atom is -0.497 e. The lowest BCUT2D eigenvalue weighted by Gasteiger charge is -2.07. The maximum Gasteiger partial charge on any atom is 0.224 e. The molecule has 128 valence electrons. The topological polar surface area (TPSA) is 98.5 Å². The van der Waals surface area contributed by atoms with Crippen LogP contribution in [-0.2, 0) is 21.2 Å². The first-order chi connectivity index (χ1) is 11.5. The van der Waals surface area contributed by atoms with Crippen molar-refractivity contribution < 1.29 is 22.5 Å². The van der Waals surface area contributed by atoms with E-state index in [9.17, 15) is 13.2 Å². The van der Waals surface area contributed by atoms with Crippen LogP contribution in [0.3, 0.4) is 0 Å². The van der Waals surface area contributed by atoms with Gasteiger partial charge in [-0.15, -0.1) is 0 Å². The van der Waals surface area contributed by atoms with Gasteiger partial charge in [0.2, 0.25) is 5.91 Å². The molecule has 0 spiro atoms. The van der Waals surface area contributed by atoms with Crippen molar-refractivity contribution in [3.05, 3.63) is 36.0 Å². The molecule has 3 rings (SSSR count). The molecule has 2 aromatic rings. The second kappa shape index (κ2) is 6.64. The number of amides is 1. The second-order valence-corrected chi connectivity index (χ2v) is 7.96. The molecule has 7 nitrogen and oxygen atoms in total. The molecular formula is C16H18N2O5S. The van der Waals surface area contributed by atoms with Crippen molar-refractivity contribution >= 4 is 15.7 Å². The van der Waals surface area contributed by atoms with E-state index in [1.807, 2.05) is 24.3 Å². The van der Waals surface area contributed by atoms with Crippen LogP contribution in [0.1, 0.15) is 12.1 Å². The van der Waals surface area contributed by atoms with Gasteiger partial charge < -0.3 is 14.6 Å². The summed E-state index contributed by atoms with van der Waals surface area (Å²) in [7, 11) is -1.47. The van der Waals surface area contributed by atoms with E-state index in [1.54, 1.807) is 13.2 Å². The number of carbonyl (C=O) groups excluding carboxylic acids is 1. The van der Waals surface area contributed by atoms with Crippen LogP contribution in [0.4, 0.5) is 0 Å².